The molecule has 0 aliphatic rings. The van der Waals surface area contributed by atoms with E-state index < -0.39 is 0 Å². The quantitative estimate of drug-likeness (QED) is 0.736. The van der Waals surface area contributed by atoms with Crippen LogP contribution in [0.3, 0.4) is 0 Å². The minimum Gasteiger partial charge on any atom is -0.497 e. The summed E-state index contributed by atoms with van der Waals surface area (Å²) >= 11 is 0. The van der Waals surface area contributed by atoms with Crippen LogP contribution in [0.1, 0.15) is 5.56 Å². The van der Waals surface area contributed by atoms with Gasteiger partial charge in [-0.1, -0.05) is 12.1 Å². The number of hydrogen-bond acceptors (Lipinski definition) is 4. The van der Waals surface area contributed by atoms with E-state index in [2.05, 4.69) is 10.6 Å². The Labute approximate surface area is 136 Å². The lowest BCUT2D eigenvalue weighted by atomic mass is 10.1. The van der Waals surface area contributed by atoms with Crippen molar-refractivity contribution in [2.45, 2.75) is 6.42 Å². The zero-order valence-electron chi connectivity index (χ0n) is 13.5. The number of amides is 1. The Morgan fingerprint density at radius 1 is 0.957 bits per heavy atom. The van der Waals surface area contributed by atoms with Gasteiger partial charge in [-0.2, -0.15) is 0 Å². The van der Waals surface area contributed by atoms with Gasteiger partial charge in [-0.15, -0.1) is 0 Å². The van der Waals surface area contributed by atoms with Crippen molar-refractivity contribution in [1.29, 1.82) is 0 Å². The maximum atomic E-state index is 12.1. The highest BCUT2D eigenvalue weighted by atomic mass is 16.5. The summed E-state index contributed by atoms with van der Waals surface area (Å²) in [4.78, 5) is 12.1. The van der Waals surface area contributed by atoms with Crippen LogP contribution in [0.4, 0.5) is 11.4 Å². The third-order valence-corrected chi connectivity index (χ3v) is 3.33. The summed E-state index contributed by atoms with van der Waals surface area (Å²) in [6.45, 7) is 1.40. The average molecular weight is 314 g/mol. The number of rotatable bonds is 8. The van der Waals surface area contributed by atoms with E-state index in [4.69, 9.17) is 9.47 Å². The Kier molecular flexibility index (Phi) is 6.44. The fourth-order valence-corrected chi connectivity index (χ4v) is 2.10. The Morgan fingerprint density at radius 2 is 1.61 bits per heavy atom. The lowest BCUT2D eigenvalue weighted by Crippen LogP contribution is -2.14. The minimum atomic E-state index is -0.0461. The van der Waals surface area contributed by atoms with E-state index in [0.717, 1.165) is 29.2 Å². The van der Waals surface area contributed by atoms with E-state index in [1.807, 2.05) is 48.5 Å². The number of anilines is 2. The van der Waals surface area contributed by atoms with Crippen LogP contribution >= 0.6 is 0 Å². The molecule has 2 N–H and O–H groups in total. The molecular weight excluding hydrogens is 292 g/mol. The number of nitrogens with one attached hydrogen (secondary N) is 2. The third-order valence-electron chi connectivity index (χ3n) is 3.33. The van der Waals surface area contributed by atoms with Crippen molar-refractivity contribution >= 4 is 17.3 Å². The topological polar surface area (TPSA) is 59.6 Å². The summed E-state index contributed by atoms with van der Waals surface area (Å²) in [6, 6.07) is 15.1. The van der Waals surface area contributed by atoms with Gasteiger partial charge in [0.2, 0.25) is 5.91 Å². The van der Waals surface area contributed by atoms with Crippen molar-refractivity contribution in [3.05, 3.63) is 54.1 Å². The van der Waals surface area contributed by atoms with E-state index in [1.165, 1.54) is 0 Å². The molecule has 0 saturated heterocycles. The molecule has 0 atom stereocenters. The molecule has 0 aliphatic carbocycles. The fourth-order valence-electron chi connectivity index (χ4n) is 2.10. The van der Waals surface area contributed by atoms with Gasteiger partial charge in [0, 0.05) is 25.0 Å². The third kappa shape index (κ3) is 5.64. The van der Waals surface area contributed by atoms with Crippen molar-refractivity contribution in [1.82, 2.24) is 0 Å². The van der Waals surface area contributed by atoms with Crippen LogP contribution in [0.5, 0.6) is 5.75 Å². The maximum absolute atomic E-state index is 12.1. The molecule has 0 bridgehead atoms. The summed E-state index contributed by atoms with van der Waals surface area (Å²) in [5.41, 5.74) is 2.72. The van der Waals surface area contributed by atoms with Crippen LogP contribution in [0.2, 0.25) is 0 Å². The summed E-state index contributed by atoms with van der Waals surface area (Å²) in [5, 5.41) is 6.12. The second kappa shape index (κ2) is 8.80. The summed E-state index contributed by atoms with van der Waals surface area (Å²) < 4.78 is 10.1. The van der Waals surface area contributed by atoms with Crippen molar-refractivity contribution < 1.29 is 14.3 Å². The molecule has 23 heavy (non-hydrogen) atoms. The molecule has 2 rings (SSSR count). The molecule has 0 radical (unpaired) electrons. The number of carbonyl (C=O) groups is 1. The number of benzene rings is 2. The largest absolute Gasteiger partial charge is 0.497 e. The van der Waals surface area contributed by atoms with Crippen LogP contribution in [0.15, 0.2) is 48.5 Å². The van der Waals surface area contributed by atoms with Crippen LogP contribution in [0, 0.1) is 0 Å². The molecule has 0 aliphatic heterocycles. The number of methoxy groups -OCH3 is 2. The normalized spacial score (nSPS) is 10.2. The number of hydrogen-bond donors (Lipinski definition) is 2. The Morgan fingerprint density at radius 3 is 2.22 bits per heavy atom. The zero-order chi connectivity index (χ0) is 16.5. The molecule has 2 aromatic carbocycles. The molecule has 5 heteroatoms. The highest BCUT2D eigenvalue weighted by Crippen LogP contribution is 2.15. The molecule has 0 saturated carbocycles. The standard InChI is InChI=1S/C18H22N2O3/c1-22-12-11-19-15-5-7-16(8-6-15)20-18(21)13-14-3-9-17(23-2)10-4-14/h3-10,19H,11-13H2,1-2H3,(H,20,21). The van der Waals surface area contributed by atoms with Crippen molar-refractivity contribution in [3.8, 4) is 5.75 Å². The number of carbonyl (C=O) groups excluding carboxylic acids is 1. The molecule has 0 unspecified atom stereocenters. The monoisotopic (exact) mass is 314 g/mol. The first kappa shape index (κ1) is 16.8. The first-order valence-corrected chi connectivity index (χ1v) is 7.47. The lowest BCUT2D eigenvalue weighted by Gasteiger charge is -2.09. The van der Waals surface area contributed by atoms with Gasteiger partial charge < -0.3 is 20.1 Å². The predicted molar refractivity (Wildman–Crippen MR) is 92.1 cm³/mol. The van der Waals surface area contributed by atoms with E-state index in [-0.39, 0.29) is 5.91 Å². The molecule has 5 nitrogen and oxygen atoms in total. The van der Waals surface area contributed by atoms with Crippen LogP contribution in [-0.4, -0.2) is 33.3 Å². The van der Waals surface area contributed by atoms with Crippen LogP contribution in [0.25, 0.3) is 0 Å². The second-order valence-corrected chi connectivity index (χ2v) is 5.07. The molecule has 1 amide bonds. The van der Waals surface area contributed by atoms with Gasteiger partial charge in [0.1, 0.15) is 5.75 Å². The first-order valence-electron chi connectivity index (χ1n) is 7.47. The van der Waals surface area contributed by atoms with Crippen molar-refractivity contribution in [2.24, 2.45) is 0 Å². The van der Waals surface area contributed by atoms with Crippen molar-refractivity contribution in [2.75, 3.05) is 38.0 Å². The van der Waals surface area contributed by atoms with Gasteiger partial charge in [-0.25, -0.2) is 0 Å². The van der Waals surface area contributed by atoms with Gasteiger partial charge in [-0.3, -0.25) is 4.79 Å². The lowest BCUT2D eigenvalue weighted by molar-refractivity contribution is -0.115. The minimum absolute atomic E-state index is 0.0461. The highest BCUT2D eigenvalue weighted by molar-refractivity contribution is 5.92. The molecular formula is C18H22N2O3. The first-order chi connectivity index (χ1) is 11.2. The number of ether oxygens (including phenoxy) is 2. The highest BCUT2D eigenvalue weighted by Gasteiger charge is 2.04. The zero-order valence-corrected chi connectivity index (χ0v) is 13.5. The fraction of sp³-hybridized carbons (Fsp3) is 0.278. The summed E-state index contributed by atoms with van der Waals surface area (Å²) in [7, 11) is 3.29. The predicted octanol–water partition coefficient (Wildman–Crippen LogP) is 2.93. The molecule has 2 aromatic rings. The Hall–Kier alpha value is -2.53. The molecule has 122 valence electrons. The van der Waals surface area contributed by atoms with Crippen LogP contribution < -0.4 is 15.4 Å². The smallest absolute Gasteiger partial charge is 0.228 e. The Balaban J connectivity index is 1.84. The average Bonchev–Trinajstić information content (AvgIpc) is 2.57. The van der Waals surface area contributed by atoms with Gasteiger partial charge in [0.15, 0.2) is 0 Å². The van der Waals surface area contributed by atoms with E-state index in [1.54, 1.807) is 14.2 Å². The van der Waals surface area contributed by atoms with Crippen molar-refractivity contribution in [3.63, 3.8) is 0 Å². The van der Waals surface area contributed by atoms with Gasteiger partial charge in [-0.05, 0) is 42.0 Å². The summed E-state index contributed by atoms with van der Waals surface area (Å²) in [5.74, 6) is 0.737. The second-order valence-electron chi connectivity index (χ2n) is 5.07. The van der Waals surface area contributed by atoms with Gasteiger partial charge in [0.25, 0.3) is 0 Å². The van der Waals surface area contributed by atoms with E-state index in [9.17, 15) is 4.79 Å². The SMILES string of the molecule is COCCNc1ccc(NC(=O)Cc2ccc(OC)cc2)cc1. The van der Waals surface area contributed by atoms with E-state index in [0.29, 0.717) is 13.0 Å². The van der Waals surface area contributed by atoms with Gasteiger partial charge in [0.05, 0.1) is 20.1 Å². The molecule has 0 spiro atoms. The molecule has 0 heterocycles. The summed E-state index contributed by atoms with van der Waals surface area (Å²) in [6.07, 6.45) is 0.331. The van der Waals surface area contributed by atoms with Gasteiger partial charge >= 0.3 is 0 Å². The molecule has 0 aromatic heterocycles. The van der Waals surface area contributed by atoms with Crippen LogP contribution in [-0.2, 0) is 16.0 Å². The Bertz CT molecular complexity index is 609. The van der Waals surface area contributed by atoms with E-state index >= 15 is 0 Å². The molecule has 0 fully saturated rings. The maximum Gasteiger partial charge on any atom is 0.228 e.